The Morgan fingerprint density at radius 1 is 1.04 bits per heavy atom. The molecule has 124 valence electrons. The van der Waals surface area contributed by atoms with E-state index in [1.165, 1.54) is 0 Å². The summed E-state index contributed by atoms with van der Waals surface area (Å²) in [5, 5.41) is 0. The van der Waals surface area contributed by atoms with Gasteiger partial charge in [-0.15, -0.1) is 0 Å². The average Bonchev–Trinajstić information content (AvgIpc) is 2.93. The van der Waals surface area contributed by atoms with Crippen LogP contribution in [0.1, 0.15) is 23.1 Å². The van der Waals surface area contributed by atoms with Crippen LogP contribution in [0.3, 0.4) is 0 Å². The number of hydrogen-bond donors (Lipinski definition) is 0. The van der Waals surface area contributed by atoms with Gasteiger partial charge in [-0.1, -0.05) is 24.3 Å². The third-order valence-electron chi connectivity index (χ3n) is 4.56. The summed E-state index contributed by atoms with van der Waals surface area (Å²) >= 11 is 0. The average molecular weight is 323 g/mol. The quantitative estimate of drug-likeness (QED) is 0.641. The van der Waals surface area contributed by atoms with E-state index in [-0.39, 0.29) is 18.3 Å². The third kappa shape index (κ3) is 3.18. The van der Waals surface area contributed by atoms with Crippen molar-refractivity contribution in [3.05, 3.63) is 59.2 Å². The van der Waals surface area contributed by atoms with Crippen molar-refractivity contribution >= 4 is 17.6 Å². The Bertz CT molecular complexity index is 797. The number of benzene rings is 2. The number of amides is 1. The minimum Gasteiger partial charge on any atom is -0.426 e. The molecule has 1 saturated heterocycles. The monoisotopic (exact) mass is 323 g/mol. The number of nitrogens with zero attached hydrogens (tertiary/aromatic N) is 1. The van der Waals surface area contributed by atoms with Crippen molar-refractivity contribution in [1.29, 1.82) is 0 Å². The predicted octanol–water partition coefficient (Wildman–Crippen LogP) is 3.57. The first-order valence-electron chi connectivity index (χ1n) is 8.10. The Balaban J connectivity index is 1.72. The van der Waals surface area contributed by atoms with E-state index >= 15 is 0 Å². The Hall–Kier alpha value is -2.62. The van der Waals surface area contributed by atoms with Gasteiger partial charge in [0.1, 0.15) is 5.75 Å². The van der Waals surface area contributed by atoms with Gasteiger partial charge >= 0.3 is 5.97 Å². The second kappa shape index (κ2) is 6.48. The highest BCUT2D eigenvalue weighted by Crippen LogP contribution is 2.29. The van der Waals surface area contributed by atoms with Crippen LogP contribution in [-0.4, -0.2) is 18.4 Å². The Labute approximate surface area is 142 Å². The Morgan fingerprint density at radius 2 is 1.79 bits per heavy atom. The molecule has 0 aliphatic carbocycles. The smallest absolute Gasteiger partial charge is 0.316 e. The van der Waals surface area contributed by atoms with Crippen LogP contribution in [0.5, 0.6) is 5.75 Å². The second-order valence-electron chi connectivity index (χ2n) is 6.36. The van der Waals surface area contributed by atoms with Gasteiger partial charge in [0.15, 0.2) is 0 Å². The first-order valence-corrected chi connectivity index (χ1v) is 8.10. The molecule has 24 heavy (non-hydrogen) atoms. The summed E-state index contributed by atoms with van der Waals surface area (Å²) in [4.78, 5) is 26.4. The number of hydrogen-bond acceptors (Lipinski definition) is 3. The third-order valence-corrected chi connectivity index (χ3v) is 4.56. The lowest BCUT2D eigenvalue weighted by molar-refractivity contribution is -0.139. The summed E-state index contributed by atoms with van der Waals surface area (Å²) in [5.41, 5.74) is 4.11. The summed E-state index contributed by atoms with van der Waals surface area (Å²) in [6.07, 6.45) is 0.192. The zero-order chi connectivity index (χ0) is 17.3. The van der Waals surface area contributed by atoms with Crippen LogP contribution in [-0.2, 0) is 9.59 Å². The van der Waals surface area contributed by atoms with E-state index in [4.69, 9.17) is 4.74 Å². The first kappa shape index (κ1) is 16.2. The highest BCUT2D eigenvalue weighted by molar-refractivity contribution is 6.00. The number of para-hydroxylation sites is 1. The molecule has 0 spiro atoms. The van der Waals surface area contributed by atoms with Gasteiger partial charge in [0.2, 0.25) is 5.91 Å². The van der Waals surface area contributed by atoms with E-state index in [9.17, 15) is 9.59 Å². The molecule has 1 heterocycles. The molecule has 2 aromatic rings. The molecule has 1 fully saturated rings. The molecule has 0 aromatic heterocycles. The molecule has 2 aromatic carbocycles. The van der Waals surface area contributed by atoms with E-state index < -0.39 is 5.92 Å². The molecule has 0 unspecified atom stereocenters. The lowest BCUT2D eigenvalue weighted by Crippen LogP contribution is -2.27. The number of carbonyl (C=O) groups is 2. The number of carbonyl (C=O) groups excluding carboxylic acids is 2. The normalized spacial score (nSPS) is 17.2. The van der Waals surface area contributed by atoms with Crippen LogP contribution < -0.4 is 9.64 Å². The number of rotatable bonds is 3. The van der Waals surface area contributed by atoms with Crippen molar-refractivity contribution in [2.24, 2.45) is 5.92 Å². The predicted molar refractivity (Wildman–Crippen MR) is 93.2 cm³/mol. The Kier molecular flexibility index (Phi) is 4.38. The summed E-state index contributed by atoms with van der Waals surface area (Å²) in [6.45, 7) is 6.32. The molecule has 1 aliphatic rings. The van der Waals surface area contributed by atoms with Gasteiger partial charge in [-0.3, -0.25) is 9.59 Å². The second-order valence-corrected chi connectivity index (χ2v) is 6.36. The van der Waals surface area contributed by atoms with E-state index in [2.05, 4.69) is 0 Å². The van der Waals surface area contributed by atoms with E-state index in [1.807, 2.05) is 57.2 Å². The van der Waals surface area contributed by atoms with Crippen molar-refractivity contribution in [2.75, 3.05) is 11.4 Å². The molecule has 1 amide bonds. The number of aryl methyl sites for hydroxylation is 3. The van der Waals surface area contributed by atoms with Crippen LogP contribution in [0.15, 0.2) is 42.5 Å². The molecule has 4 nitrogen and oxygen atoms in total. The molecule has 1 aliphatic heterocycles. The highest BCUT2D eigenvalue weighted by atomic mass is 16.5. The SMILES string of the molecule is Cc1ccc(OC(=O)[C@H]2CC(=O)N(c3ccccc3C)C2)cc1C. The van der Waals surface area contributed by atoms with Gasteiger partial charge in [0.25, 0.3) is 0 Å². The molecule has 3 rings (SSSR count). The minimum atomic E-state index is -0.432. The molecule has 0 radical (unpaired) electrons. The maximum absolute atomic E-state index is 12.4. The van der Waals surface area contributed by atoms with Crippen molar-refractivity contribution in [1.82, 2.24) is 0 Å². The van der Waals surface area contributed by atoms with Gasteiger partial charge in [0.05, 0.1) is 5.92 Å². The largest absolute Gasteiger partial charge is 0.426 e. The van der Waals surface area contributed by atoms with Crippen molar-refractivity contribution < 1.29 is 14.3 Å². The summed E-state index contributed by atoms with van der Waals surface area (Å²) in [5.74, 6) is -0.280. The highest BCUT2D eigenvalue weighted by Gasteiger charge is 2.36. The summed E-state index contributed by atoms with van der Waals surface area (Å²) < 4.78 is 5.48. The van der Waals surface area contributed by atoms with Crippen molar-refractivity contribution in [3.8, 4) is 5.75 Å². The topological polar surface area (TPSA) is 46.6 Å². The minimum absolute atomic E-state index is 0.0358. The molecule has 4 heteroatoms. The fraction of sp³-hybridized carbons (Fsp3) is 0.300. The van der Waals surface area contributed by atoms with Crippen molar-refractivity contribution in [3.63, 3.8) is 0 Å². The van der Waals surface area contributed by atoms with Gasteiger partial charge < -0.3 is 9.64 Å². The molecule has 0 bridgehead atoms. The van der Waals surface area contributed by atoms with Crippen LogP contribution in [0.25, 0.3) is 0 Å². The van der Waals surface area contributed by atoms with E-state index in [0.717, 1.165) is 22.4 Å². The number of ether oxygens (including phenoxy) is 1. The standard InChI is InChI=1S/C20H21NO3/c1-13-8-9-17(10-15(13)3)24-20(23)16-11-19(22)21(12-16)18-7-5-4-6-14(18)2/h4-10,16H,11-12H2,1-3H3/t16-/m0/s1. The summed E-state index contributed by atoms with van der Waals surface area (Å²) in [7, 11) is 0. The van der Waals surface area contributed by atoms with E-state index in [0.29, 0.717) is 12.3 Å². The zero-order valence-electron chi connectivity index (χ0n) is 14.2. The van der Waals surface area contributed by atoms with Gasteiger partial charge in [-0.25, -0.2) is 0 Å². The molecule has 1 atom stereocenters. The van der Waals surface area contributed by atoms with Crippen LogP contribution in [0, 0.1) is 26.7 Å². The fourth-order valence-corrected chi connectivity index (χ4v) is 2.94. The maximum atomic E-state index is 12.4. The lowest BCUT2D eigenvalue weighted by atomic mass is 10.1. The van der Waals surface area contributed by atoms with Gasteiger partial charge in [0, 0.05) is 18.7 Å². The molecular weight excluding hydrogens is 302 g/mol. The number of anilines is 1. The van der Waals surface area contributed by atoms with Gasteiger partial charge in [-0.05, 0) is 55.7 Å². The van der Waals surface area contributed by atoms with Crippen LogP contribution in [0.4, 0.5) is 5.69 Å². The van der Waals surface area contributed by atoms with Crippen molar-refractivity contribution in [2.45, 2.75) is 27.2 Å². The maximum Gasteiger partial charge on any atom is 0.316 e. The summed E-state index contributed by atoms with van der Waals surface area (Å²) in [6, 6.07) is 13.3. The zero-order valence-corrected chi connectivity index (χ0v) is 14.2. The molecule has 0 N–H and O–H groups in total. The van der Waals surface area contributed by atoms with E-state index in [1.54, 1.807) is 11.0 Å². The van der Waals surface area contributed by atoms with Crippen LogP contribution in [0.2, 0.25) is 0 Å². The van der Waals surface area contributed by atoms with Gasteiger partial charge in [-0.2, -0.15) is 0 Å². The Morgan fingerprint density at radius 3 is 2.50 bits per heavy atom. The number of esters is 1. The van der Waals surface area contributed by atoms with Crippen LogP contribution >= 0.6 is 0 Å². The molecular formula is C20H21NO3. The fourth-order valence-electron chi connectivity index (χ4n) is 2.94. The lowest BCUT2D eigenvalue weighted by Gasteiger charge is -2.18. The first-order chi connectivity index (χ1) is 11.5. The molecule has 0 saturated carbocycles.